The Kier molecular flexibility index (Phi) is 5.47. The SMILES string of the molecule is Cc1cc(F)cc([C@H](CC2CC2)N2CCNCC2)c1O.Cl. The summed E-state index contributed by atoms with van der Waals surface area (Å²) in [4.78, 5) is 2.39. The summed E-state index contributed by atoms with van der Waals surface area (Å²) >= 11 is 0. The molecular formula is C16H24ClFN2O. The molecule has 2 N–H and O–H groups in total. The van der Waals surface area contributed by atoms with Crippen LogP contribution in [0, 0.1) is 18.7 Å². The molecule has 3 nitrogen and oxygen atoms in total. The molecule has 0 bridgehead atoms. The smallest absolute Gasteiger partial charge is 0.124 e. The van der Waals surface area contributed by atoms with Crippen LogP contribution in [0.25, 0.3) is 0 Å². The van der Waals surface area contributed by atoms with Crippen molar-refractivity contribution in [1.82, 2.24) is 10.2 Å². The van der Waals surface area contributed by atoms with Gasteiger partial charge in [-0.05, 0) is 37.0 Å². The molecule has 118 valence electrons. The van der Waals surface area contributed by atoms with Crippen molar-refractivity contribution in [1.29, 1.82) is 0 Å². The van der Waals surface area contributed by atoms with Crippen LogP contribution in [0.2, 0.25) is 0 Å². The first-order chi connectivity index (χ1) is 9.65. The van der Waals surface area contributed by atoms with E-state index >= 15 is 0 Å². The second-order valence-corrected chi connectivity index (χ2v) is 6.14. The van der Waals surface area contributed by atoms with E-state index in [9.17, 15) is 9.50 Å². The number of halogens is 2. The molecule has 0 unspecified atom stereocenters. The molecule has 2 aliphatic rings. The Morgan fingerprint density at radius 3 is 2.62 bits per heavy atom. The number of piperazine rings is 1. The topological polar surface area (TPSA) is 35.5 Å². The fourth-order valence-electron chi connectivity index (χ4n) is 3.15. The molecule has 1 aliphatic carbocycles. The molecule has 1 aromatic carbocycles. The number of nitrogens with one attached hydrogen (secondary N) is 1. The summed E-state index contributed by atoms with van der Waals surface area (Å²) < 4.78 is 13.7. The Morgan fingerprint density at radius 2 is 2.00 bits per heavy atom. The highest BCUT2D eigenvalue weighted by molar-refractivity contribution is 5.85. The summed E-state index contributed by atoms with van der Waals surface area (Å²) in [6.07, 6.45) is 3.59. The molecule has 1 saturated heterocycles. The van der Waals surface area contributed by atoms with Gasteiger partial charge < -0.3 is 10.4 Å². The molecular weight excluding hydrogens is 291 g/mol. The van der Waals surface area contributed by atoms with Gasteiger partial charge in [-0.3, -0.25) is 4.90 Å². The van der Waals surface area contributed by atoms with Crippen molar-refractivity contribution in [2.75, 3.05) is 26.2 Å². The van der Waals surface area contributed by atoms with Crippen molar-refractivity contribution in [3.05, 3.63) is 29.1 Å². The largest absolute Gasteiger partial charge is 0.507 e. The van der Waals surface area contributed by atoms with E-state index in [-0.39, 0.29) is 30.0 Å². The molecule has 0 amide bonds. The van der Waals surface area contributed by atoms with Crippen LogP contribution in [0.15, 0.2) is 12.1 Å². The molecule has 1 atom stereocenters. The third-order valence-corrected chi connectivity index (χ3v) is 4.50. The number of phenols is 1. The van der Waals surface area contributed by atoms with E-state index in [4.69, 9.17) is 0 Å². The normalized spacial score (nSPS) is 20.9. The van der Waals surface area contributed by atoms with Crippen LogP contribution in [0.4, 0.5) is 4.39 Å². The lowest BCUT2D eigenvalue weighted by Crippen LogP contribution is -2.45. The number of benzene rings is 1. The number of hydrogen-bond acceptors (Lipinski definition) is 3. The van der Waals surface area contributed by atoms with E-state index in [1.165, 1.54) is 25.0 Å². The average Bonchev–Trinajstić information content (AvgIpc) is 3.25. The van der Waals surface area contributed by atoms with Crippen LogP contribution in [-0.4, -0.2) is 36.2 Å². The Balaban J connectivity index is 0.00000161. The molecule has 1 aromatic rings. The lowest BCUT2D eigenvalue weighted by molar-refractivity contribution is 0.157. The molecule has 0 radical (unpaired) electrons. The maximum absolute atomic E-state index is 13.7. The standard InChI is InChI=1S/C16H23FN2O.ClH/c1-11-8-13(17)10-14(16(11)20)15(9-12-2-3-12)19-6-4-18-5-7-19;/h8,10,12,15,18,20H,2-7,9H2,1H3;1H/t15-;/m0./s1. The van der Waals surface area contributed by atoms with Crippen molar-refractivity contribution in [3.8, 4) is 5.75 Å². The van der Waals surface area contributed by atoms with E-state index < -0.39 is 0 Å². The first-order valence-corrected chi connectivity index (χ1v) is 7.59. The van der Waals surface area contributed by atoms with Gasteiger partial charge in [0.1, 0.15) is 11.6 Å². The van der Waals surface area contributed by atoms with E-state index in [0.29, 0.717) is 5.56 Å². The first-order valence-electron chi connectivity index (χ1n) is 7.59. The number of aryl methyl sites for hydroxylation is 1. The molecule has 1 heterocycles. The molecule has 1 aliphatic heterocycles. The highest BCUT2D eigenvalue weighted by Gasteiger charge is 2.32. The lowest BCUT2D eigenvalue weighted by Gasteiger charge is -2.36. The second kappa shape index (κ2) is 6.95. The van der Waals surface area contributed by atoms with Crippen LogP contribution < -0.4 is 5.32 Å². The minimum Gasteiger partial charge on any atom is -0.507 e. The van der Waals surface area contributed by atoms with Crippen LogP contribution in [-0.2, 0) is 0 Å². The molecule has 21 heavy (non-hydrogen) atoms. The van der Waals surface area contributed by atoms with E-state index in [2.05, 4.69) is 10.2 Å². The molecule has 1 saturated carbocycles. The molecule has 0 aromatic heterocycles. The molecule has 0 spiro atoms. The third-order valence-electron chi connectivity index (χ3n) is 4.50. The Bertz CT molecular complexity index is 487. The summed E-state index contributed by atoms with van der Waals surface area (Å²) in [5.74, 6) is 0.777. The molecule has 3 rings (SSSR count). The molecule has 2 fully saturated rings. The van der Waals surface area contributed by atoms with Crippen LogP contribution in [0.3, 0.4) is 0 Å². The predicted molar refractivity (Wildman–Crippen MR) is 84.6 cm³/mol. The van der Waals surface area contributed by atoms with Gasteiger partial charge in [-0.25, -0.2) is 4.39 Å². The Morgan fingerprint density at radius 1 is 1.33 bits per heavy atom. The summed E-state index contributed by atoms with van der Waals surface area (Å²) in [5.41, 5.74) is 1.41. The number of nitrogens with zero attached hydrogens (tertiary/aromatic N) is 1. The zero-order valence-electron chi connectivity index (χ0n) is 12.4. The fraction of sp³-hybridized carbons (Fsp3) is 0.625. The number of aromatic hydroxyl groups is 1. The zero-order valence-corrected chi connectivity index (χ0v) is 13.3. The Labute approximate surface area is 131 Å². The van der Waals surface area contributed by atoms with Crippen LogP contribution >= 0.6 is 12.4 Å². The van der Waals surface area contributed by atoms with E-state index in [1.807, 2.05) is 0 Å². The van der Waals surface area contributed by atoms with Crippen molar-refractivity contribution in [2.24, 2.45) is 5.92 Å². The van der Waals surface area contributed by atoms with E-state index in [0.717, 1.165) is 44.1 Å². The lowest BCUT2D eigenvalue weighted by atomic mass is 9.96. The zero-order chi connectivity index (χ0) is 14.1. The van der Waals surface area contributed by atoms with Crippen molar-refractivity contribution in [3.63, 3.8) is 0 Å². The average molecular weight is 315 g/mol. The summed E-state index contributed by atoms with van der Waals surface area (Å²) in [6.45, 7) is 5.64. The van der Waals surface area contributed by atoms with Crippen LogP contribution in [0.1, 0.15) is 36.4 Å². The van der Waals surface area contributed by atoms with Gasteiger partial charge in [0, 0.05) is 37.8 Å². The van der Waals surface area contributed by atoms with Gasteiger partial charge in [0.2, 0.25) is 0 Å². The summed E-state index contributed by atoms with van der Waals surface area (Å²) in [5, 5.41) is 13.7. The monoisotopic (exact) mass is 314 g/mol. The minimum atomic E-state index is -0.244. The van der Waals surface area contributed by atoms with Crippen molar-refractivity contribution in [2.45, 2.75) is 32.2 Å². The quantitative estimate of drug-likeness (QED) is 0.897. The highest BCUT2D eigenvalue weighted by Crippen LogP contribution is 2.43. The minimum absolute atomic E-state index is 0. The molecule has 5 heteroatoms. The summed E-state index contributed by atoms with van der Waals surface area (Å²) in [6, 6.07) is 3.08. The van der Waals surface area contributed by atoms with Crippen LogP contribution in [0.5, 0.6) is 5.75 Å². The highest BCUT2D eigenvalue weighted by atomic mass is 35.5. The van der Waals surface area contributed by atoms with Gasteiger partial charge in [0.05, 0.1) is 0 Å². The fourth-order valence-corrected chi connectivity index (χ4v) is 3.15. The van der Waals surface area contributed by atoms with Crippen molar-refractivity contribution < 1.29 is 9.50 Å². The third kappa shape index (κ3) is 3.87. The number of hydrogen-bond donors (Lipinski definition) is 2. The number of phenolic OH excluding ortho intramolecular Hbond substituents is 1. The number of rotatable bonds is 4. The maximum atomic E-state index is 13.7. The van der Waals surface area contributed by atoms with Crippen molar-refractivity contribution >= 4 is 12.4 Å². The van der Waals surface area contributed by atoms with Gasteiger partial charge in [0.25, 0.3) is 0 Å². The Hall–Kier alpha value is -0.840. The van der Waals surface area contributed by atoms with E-state index in [1.54, 1.807) is 6.92 Å². The first kappa shape index (κ1) is 16.5. The second-order valence-electron chi connectivity index (χ2n) is 6.14. The maximum Gasteiger partial charge on any atom is 0.124 e. The summed E-state index contributed by atoms with van der Waals surface area (Å²) in [7, 11) is 0. The van der Waals surface area contributed by atoms with Gasteiger partial charge in [-0.15, -0.1) is 12.4 Å². The predicted octanol–water partition coefficient (Wildman–Crippen LogP) is 3.01. The van der Waals surface area contributed by atoms with Gasteiger partial charge in [0.15, 0.2) is 0 Å². The van der Waals surface area contributed by atoms with Gasteiger partial charge in [-0.2, -0.15) is 0 Å². The van der Waals surface area contributed by atoms with Gasteiger partial charge >= 0.3 is 0 Å². The van der Waals surface area contributed by atoms with Gasteiger partial charge in [-0.1, -0.05) is 12.8 Å².